The molecule has 2 nitrogen and oxygen atoms in total. The minimum Gasteiger partial charge on any atom is -0.315 e. The normalized spacial score (nSPS) is 37.1. The minimum atomic E-state index is 0.732. The molecule has 4 unspecified atom stereocenters. The second kappa shape index (κ2) is 7.08. The van der Waals surface area contributed by atoms with Gasteiger partial charge >= 0.3 is 0 Å². The molecule has 0 aromatic heterocycles. The molecular weight excluding hydrogens is 232 g/mol. The van der Waals surface area contributed by atoms with Crippen LogP contribution in [0.4, 0.5) is 0 Å². The van der Waals surface area contributed by atoms with Crippen molar-refractivity contribution < 1.29 is 0 Å². The molecule has 2 rings (SSSR count). The summed E-state index contributed by atoms with van der Waals surface area (Å²) in [7, 11) is 2.16. The van der Waals surface area contributed by atoms with E-state index in [-0.39, 0.29) is 0 Å². The third-order valence-corrected chi connectivity index (χ3v) is 5.65. The first-order valence-electron chi connectivity index (χ1n) is 8.57. The summed E-state index contributed by atoms with van der Waals surface area (Å²) in [6.07, 6.45) is 8.44. The lowest BCUT2D eigenvalue weighted by atomic mass is 9.76. The molecule has 2 heteroatoms. The Morgan fingerprint density at radius 3 is 2.63 bits per heavy atom. The molecule has 19 heavy (non-hydrogen) atoms. The number of rotatable bonds is 5. The fourth-order valence-corrected chi connectivity index (χ4v) is 4.33. The lowest BCUT2D eigenvalue weighted by molar-refractivity contribution is 0.101. The summed E-state index contributed by atoms with van der Waals surface area (Å²) in [5.74, 6) is 2.77. The molecule has 2 fully saturated rings. The second-order valence-corrected chi connectivity index (χ2v) is 7.22. The maximum Gasteiger partial charge on any atom is 0.0252 e. The van der Waals surface area contributed by atoms with Gasteiger partial charge in [-0.05, 0) is 63.5 Å². The Bertz CT molecular complexity index is 264. The van der Waals surface area contributed by atoms with Crippen LogP contribution in [0.3, 0.4) is 0 Å². The molecule has 112 valence electrons. The Morgan fingerprint density at radius 2 is 2.00 bits per heavy atom. The predicted octanol–water partition coefficient (Wildman–Crippen LogP) is 3.52. The summed E-state index contributed by atoms with van der Waals surface area (Å²) >= 11 is 0. The van der Waals surface area contributed by atoms with E-state index in [9.17, 15) is 0 Å². The summed E-state index contributed by atoms with van der Waals surface area (Å²) in [6.45, 7) is 9.85. The molecule has 1 aliphatic heterocycles. The van der Waals surface area contributed by atoms with Gasteiger partial charge in [0.25, 0.3) is 0 Å². The first-order chi connectivity index (χ1) is 9.15. The van der Waals surface area contributed by atoms with Gasteiger partial charge in [0.2, 0.25) is 0 Å². The quantitative estimate of drug-likeness (QED) is 0.819. The van der Waals surface area contributed by atoms with Crippen LogP contribution in [0.15, 0.2) is 0 Å². The highest BCUT2D eigenvalue weighted by molar-refractivity contribution is 4.94. The van der Waals surface area contributed by atoms with E-state index in [1.54, 1.807) is 0 Å². The number of nitrogens with one attached hydrogen (secondary N) is 1. The SMILES string of the molecule is CCCC1CCN(C2CC(C(C)C)CCC2NC)C1. The van der Waals surface area contributed by atoms with Gasteiger partial charge in [-0.2, -0.15) is 0 Å². The Hall–Kier alpha value is -0.0800. The van der Waals surface area contributed by atoms with E-state index < -0.39 is 0 Å². The van der Waals surface area contributed by atoms with Crippen molar-refractivity contribution in [1.82, 2.24) is 10.2 Å². The molecular formula is C17H34N2. The van der Waals surface area contributed by atoms with E-state index in [1.807, 2.05) is 0 Å². The van der Waals surface area contributed by atoms with Gasteiger partial charge in [-0.15, -0.1) is 0 Å². The van der Waals surface area contributed by atoms with Crippen molar-refractivity contribution in [3.63, 3.8) is 0 Å². The molecule has 0 aromatic carbocycles. The van der Waals surface area contributed by atoms with Crippen molar-refractivity contribution >= 4 is 0 Å². The molecule has 1 N–H and O–H groups in total. The maximum absolute atomic E-state index is 3.60. The highest BCUT2D eigenvalue weighted by Crippen LogP contribution is 2.35. The van der Waals surface area contributed by atoms with Crippen molar-refractivity contribution in [3.8, 4) is 0 Å². The molecule has 1 aliphatic carbocycles. The number of likely N-dealkylation sites (tertiary alicyclic amines) is 1. The first kappa shape index (κ1) is 15.3. The van der Waals surface area contributed by atoms with Crippen LogP contribution in [0.25, 0.3) is 0 Å². The average Bonchev–Trinajstić information content (AvgIpc) is 2.87. The number of hydrogen-bond acceptors (Lipinski definition) is 2. The fourth-order valence-electron chi connectivity index (χ4n) is 4.33. The molecule has 0 spiro atoms. The Morgan fingerprint density at radius 1 is 1.21 bits per heavy atom. The van der Waals surface area contributed by atoms with Gasteiger partial charge in [-0.3, -0.25) is 4.90 Å². The number of likely N-dealkylation sites (N-methyl/N-ethyl adjacent to an activating group) is 1. The largest absolute Gasteiger partial charge is 0.315 e. The number of nitrogens with zero attached hydrogens (tertiary/aromatic N) is 1. The van der Waals surface area contributed by atoms with Gasteiger partial charge in [-0.1, -0.05) is 27.2 Å². The zero-order chi connectivity index (χ0) is 13.8. The zero-order valence-electron chi connectivity index (χ0n) is 13.5. The van der Waals surface area contributed by atoms with Crippen molar-refractivity contribution in [2.45, 2.75) is 71.4 Å². The van der Waals surface area contributed by atoms with Gasteiger partial charge in [0.1, 0.15) is 0 Å². The van der Waals surface area contributed by atoms with E-state index in [4.69, 9.17) is 0 Å². The summed E-state index contributed by atoms with van der Waals surface area (Å²) in [5, 5.41) is 3.60. The molecule has 1 saturated carbocycles. The lowest BCUT2D eigenvalue weighted by Crippen LogP contribution is -2.52. The predicted molar refractivity (Wildman–Crippen MR) is 83.4 cm³/mol. The van der Waals surface area contributed by atoms with E-state index in [0.29, 0.717) is 0 Å². The topological polar surface area (TPSA) is 15.3 Å². The Balaban J connectivity index is 1.95. The van der Waals surface area contributed by atoms with Crippen LogP contribution in [0, 0.1) is 17.8 Å². The van der Waals surface area contributed by atoms with Crippen LogP contribution in [0.5, 0.6) is 0 Å². The van der Waals surface area contributed by atoms with Crippen molar-refractivity contribution in [2.75, 3.05) is 20.1 Å². The fraction of sp³-hybridized carbons (Fsp3) is 1.00. The van der Waals surface area contributed by atoms with Crippen LogP contribution in [-0.4, -0.2) is 37.1 Å². The molecule has 0 radical (unpaired) electrons. The monoisotopic (exact) mass is 266 g/mol. The third kappa shape index (κ3) is 3.72. The van der Waals surface area contributed by atoms with Gasteiger partial charge in [0.05, 0.1) is 0 Å². The van der Waals surface area contributed by atoms with E-state index in [1.165, 1.54) is 51.6 Å². The summed E-state index contributed by atoms with van der Waals surface area (Å²) < 4.78 is 0. The van der Waals surface area contributed by atoms with Crippen LogP contribution >= 0.6 is 0 Å². The van der Waals surface area contributed by atoms with Crippen LogP contribution in [-0.2, 0) is 0 Å². The van der Waals surface area contributed by atoms with Crippen molar-refractivity contribution in [3.05, 3.63) is 0 Å². The standard InChI is InChI=1S/C17H34N2/c1-5-6-14-9-10-19(12-14)17-11-15(13(2)3)7-8-16(17)18-4/h13-18H,5-12H2,1-4H3. The first-order valence-corrected chi connectivity index (χ1v) is 8.57. The summed E-state index contributed by atoms with van der Waals surface area (Å²) in [6, 6.07) is 1.53. The highest BCUT2D eigenvalue weighted by Gasteiger charge is 2.37. The van der Waals surface area contributed by atoms with E-state index >= 15 is 0 Å². The average molecular weight is 266 g/mol. The van der Waals surface area contributed by atoms with Gasteiger partial charge in [0, 0.05) is 18.6 Å². The Kier molecular flexibility index (Phi) is 5.70. The maximum atomic E-state index is 3.60. The Labute approximate surface area is 120 Å². The van der Waals surface area contributed by atoms with Crippen LogP contribution in [0.2, 0.25) is 0 Å². The van der Waals surface area contributed by atoms with Gasteiger partial charge in [0.15, 0.2) is 0 Å². The molecule has 0 aromatic rings. The van der Waals surface area contributed by atoms with Gasteiger partial charge in [-0.25, -0.2) is 0 Å². The third-order valence-electron chi connectivity index (χ3n) is 5.65. The van der Waals surface area contributed by atoms with E-state index in [0.717, 1.165) is 29.8 Å². The number of hydrogen-bond donors (Lipinski definition) is 1. The molecule has 0 bridgehead atoms. The molecule has 1 saturated heterocycles. The molecule has 2 aliphatic rings. The van der Waals surface area contributed by atoms with Gasteiger partial charge < -0.3 is 5.32 Å². The molecule has 4 atom stereocenters. The second-order valence-electron chi connectivity index (χ2n) is 7.22. The zero-order valence-corrected chi connectivity index (χ0v) is 13.5. The summed E-state index contributed by atoms with van der Waals surface area (Å²) in [5.41, 5.74) is 0. The molecule has 1 heterocycles. The van der Waals surface area contributed by atoms with Crippen LogP contribution in [0.1, 0.15) is 59.3 Å². The van der Waals surface area contributed by atoms with Crippen molar-refractivity contribution in [2.24, 2.45) is 17.8 Å². The summed E-state index contributed by atoms with van der Waals surface area (Å²) in [4.78, 5) is 2.82. The molecule has 0 amide bonds. The van der Waals surface area contributed by atoms with Crippen molar-refractivity contribution in [1.29, 1.82) is 0 Å². The highest BCUT2D eigenvalue weighted by atomic mass is 15.2. The lowest BCUT2D eigenvalue weighted by Gasteiger charge is -2.42. The minimum absolute atomic E-state index is 0.732. The van der Waals surface area contributed by atoms with E-state index in [2.05, 4.69) is 38.0 Å². The smallest absolute Gasteiger partial charge is 0.0252 e. The van der Waals surface area contributed by atoms with Crippen LogP contribution < -0.4 is 5.32 Å².